The van der Waals surface area contributed by atoms with Gasteiger partial charge >= 0.3 is 11.9 Å². The number of hydrogen-bond acceptors (Lipinski definition) is 7. The Morgan fingerprint density at radius 2 is 1.19 bits per heavy atom. The zero-order valence-electron chi connectivity index (χ0n) is 14.4. The summed E-state index contributed by atoms with van der Waals surface area (Å²) in [6, 6.07) is 16.4. The van der Waals surface area contributed by atoms with E-state index in [4.69, 9.17) is 9.47 Å². The molecule has 0 saturated heterocycles. The third-order valence-electron chi connectivity index (χ3n) is 3.53. The van der Waals surface area contributed by atoms with E-state index in [0.29, 0.717) is 11.1 Å². The van der Waals surface area contributed by atoms with E-state index in [0.717, 1.165) is 0 Å². The van der Waals surface area contributed by atoms with Crippen molar-refractivity contribution in [3.63, 3.8) is 0 Å². The molecule has 2 aromatic carbocycles. The number of hydrogen-bond donors (Lipinski definition) is 1. The van der Waals surface area contributed by atoms with E-state index in [1.54, 1.807) is 60.7 Å². The van der Waals surface area contributed by atoms with E-state index in [1.165, 1.54) is 0 Å². The van der Waals surface area contributed by atoms with E-state index >= 15 is 0 Å². The molecule has 7 heteroatoms. The zero-order chi connectivity index (χ0) is 19.6. The average molecular weight is 370 g/mol. The topological polar surface area (TPSA) is 107 Å². The monoisotopic (exact) mass is 370 g/mol. The van der Waals surface area contributed by atoms with Gasteiger partial charge in [0.15, 0.2) is 30.9 Å². The minimum absolute atomic E-state index is 0.360. The summed E-state index contributed by atoms with van der Waals surface area (Å²) < 4.78 is 9.45. The Morgan fingerprint density at radius 1 is 0.741 bits per heavy atom. The smallest absolute Gasteiger partial charge is 0.336 e. The summed E-state index contributed by atoms with van der Waals surface area (Å²) in [5.74, 6) is -2.90. The summed E-state index contributed by atoms with van der Waals surface area (Å²) in [5.41, 5.74) is 0.739. The number of carbonyl (C=O) groups excluding carboxylic acids is 4. The summed E-state index contributed by atoms with van der Waals surface area (Å²) in [6.07, 6.45) is -2.46. The number of ketones is 2. The van der Waals surface area contributed by atoms with Gasteiger partial charge < -0.3 is 14.6 Å². The lowest BCUT2D eigenvalue weighted by atomic mass is 10.1. The number of benzene rings is 2. The molecule has 0 amide bonds. The van der Waals surface area contributed by atoms with Crippen LogP contribution in [0.3, 0.4) is 0 Å². The van der Waals surface area contributed by atoms with Crippen molar-refractivity contribution in [2.75, 3.05) is 13.2 Å². The summed E-state index contributed by atoms with van der Waals surface area (Å²) in [6.45, 7) is -1.06. The number of Topliss-reactive ketones (excluding diaryl/α,β-unsaturated/α-hetero) is 2. The number of esters is 2. The quantitative estimate of drug-likeness (QED) is 0.527. The summed E-state index contributed by atoms with van der Waals surface area (Å²) in [7, 11) is 0. The van der Waals surface area contributed by atoms with Gasteiger partial charge in [-0.1, -0.05) is 60.7 Å². The maximum absolute atomic E-state index is 11.8. The first kappa shape index (κ1) is 20.0. The van der Waals surface area contributed by atoms with E-state index < -0.39 is 49.2 Å². The molecule has 0 aliphatic heterocycles. The second kappa shape index (κ2) is 9.98. The molecular weight excluding hydrogens is 352 g/mol. The third kappa shape index (κ3) is 6.48. The molecule has 0 saturated carbocycles. The predicted molar refractivity (Wildman–Crippen MR) is 94.1 cm³/mol. The molecule has 1 N–H and O–H groups in total. The van der Waals surface area contributed by atoms with Crippen LogP contribution < -0.4 is 0 Å². The minimum Gasteiger partial charge on any atom is -0.457 e. The number of aliphatic hydroxyl groups excluding tert-OH is 1. The van der Waals surface area contributed by atoms with Crippen molar-refractivity contribution in [2.24, 2.45) is 0 Å². The van der Waals surface area contributed by atoms with Crippen LogP contribution in [-0.4, -0.2) is 47.9 Å². The van der Waals surface area contributed by atoms with E-state index in [1.807, 2.05) is 0 Å². The SMILES string of the molecule is O=C(CC(O)C(=O)OCC(=O)c1ccccc1)OCC(=O)c1ccccc1. The first-order chi connectivity index (χ1) is 13.0. The summed E-state index contributed by atoms with van der Waals surface area (Å²) >= 11 is 0. The fourth-order valence-electron chi connectivity index (χ4n) is 2.09. The molecule has 7 nitrogen and oxygen atoms in total. The Morgan fingerprint density at radius 3 is 1.67 bits per heavy atom. The highest BCUT2D eigenvalue weighted by Gasteiger charge is 2.23. The van der Waals surface area contributed by atoms with Crippen LogP contribution in [0.1, 0.15) is 27.1 Å². The van der Waals surface area contributed by atoms with Gasteiger partial charge in [0.05, 0.1) is 6.42 Å². The molecule has 140 valence electrons. The molecule has 0 aliphatic carbocycles. The maximum atomic E-state index is 11.8. The number of aliphatic hydroxyl groups is 1. The van der Waals surface area contributed by atoms with Gasteiger partial charge in [-0.3, -0.25) is 14.4 Å². The largest absolute Gasteiger partial charge is 0.457 e. The minimum atomic E-state index is -1.78. The summed E-state index contributed by atoms with van der Waals surface area (Å²) in [5, 5.41) is 9.68. The van der Waals surface area contributed by atoms with Crippen LogP contribution in [0.25, 0.3) is 0 Å². The van der Waals surface area contributed by atoms with Crippen LogP contribution in [0.5, 0.6) is 0 Å². The van der Waals surface area contributed by atoms with Crippen LogP contribution in [0.4, 0.5) is 0 Å². The Bertz CT molecular complexity index is 800. The highest BCUT2D eigenvalue weighted by atomic mass is 16.6. The average Bonchev–Trinajstić information content (AvgIpc) is 2.71. The molecule has 0 aliphatic rings. The molecule has 0 spiro atoms. The molecule has 0 radical (unpaired) electrons. The van der Waals surface area contributed by atoms with E-state index in [9.17, 15) is 24.3 Å². The number of carbonyl (C=O) groups is 4. The van der Waals surface area contributed by atoms with Gasteiger partial charge in [-0.05, 0) is 0 Å². The van der Waals surface area contributed by atoms with Crippen molar-refractivity contribution in [3.8, 4) is 0 Å². The lowest BCUT2D eigenvalue weighted by Gasteiger charge is -2.10. The van der Waals surface area contributed by atoms with Gasteiger partial charge in [0.25, 0.3) is 0 Å². The van der Waals surface area contributed by atoms with Gasteiger partial charge in [0.1, 0.15) is 0 Å². The van der Waals surface area contributed by atoms with Crippen LogP contribution in [0, 0.1) is 0 Å². The molecule has 1 atom stereocenters. The van der Waals surface area contributed by atoms with Crippen LogP contribution >= 0.6 is 0 Å². The highest BCUT2D eigenvalue weighted by Crippen LogP contribution is 2.04. The first-order valence-corrected chi connectivity index (χ1v) is 8.14. The van der Waals surface area contributed by atoms with Crippen LogP contribution in [0.15, 0.2) is 60.7 Å². The Labute approximate surface area is 155 Å². The number of ether oxygens (including phenoxy) is 2. The van der Waals surface area contributed by atoms with Crippen molar-refractivity contribution in [1.29, 1.82) is 0 Å². The van der Waals surface area contributed by atoms with Gasteiger partial charge in [-0.2, -0.15) is 0 Å². The van der Waals surface area contributed by atoms with Crippen molar-refractivity contribution in [1.82, 2.24) is 0 Å². The Balaban J connectivity index is 1.72. The van der Waals surface area contributed by atoms with Gasteiger partial charge in [-0.25, -0.2) is 4.79 Å². The maximum Gasteiger partial charge on any atom is 0.336 e. The van der Waals surface area contributed by atoms with E-state index in [2.05, 4.69) is 0 Å². The molecular formula is C20H18O7. The van der Waals surface area contributed by atoms with Gasteiger partial charge in [0, 0.05) is 11.1 Å². The van der Waals surface area contributed by atoms with Gasteiger partial charge in [0.2, 0.25) is 0 Å². The van der Waals surface area contributed by atoms with Crippen molar-refractivity contribution in [3.05, 3.63) is 71.8 Å². The molecule has 2 rings (SSSR count). The second-order valence-corrected chi connectivity index (χ2v) is 5.57. The lowest BCUT2D eigenvalue weighted by molar-refractivity contribution is -0.158. The van der Waals surface area contributed by atoms with Crippen LogP contribution in [0.2, 0.25) is 0 Å². The molecule has 1 unspecified atom stereocenters. The zero-order valence-corrected chi connectivity index (χ0v) is 14.4. The second-order valence-electron chi connectivity index (χ2n) is 5.57. The Hall–Kier alpha value is -3.32. The van der Waals surface area contributed by atoms with Crippen molar-refractivity contribution < 1.29 is 33.8 Å². The number of rotatable bonds is 9. The molecule has 2 aromatic rings. The first-order valence-electron chi connectivity index (χ1n) is 8.14. The molecule has 0 fully saturated rings. The molecule has 27 heavy (non-hydrogen) atoms. The lowest BCUT2D eigenvalue weighted by Crippen LogP contribution is -2.29. The van der Waals surface area contributed by atoms with Crippen LogP contribution in [-0.2, 0) is 19.1 Å². The van der Waals surface area contributed by atoms with Crippen molar-refractivity contribution in [2.45, 2.75) is 12.5 Å². The fourth-order valence-corrected chi connectivity index (χ4v) is 2.09. The normalized spacial score (nSPS) is 11.3. The fraction of sp³-hybridized carbons (Fsp3) is 0.200. The molecule has 0 bridgehead atoms. The predicted octanol–water partition coefficient (Wildman–Crippen LogP) is 1.59. The summed E-state index contributed by atoms with van der Waals surface area (Å²) in [4.78, 5) is 46.9. The van der Waals surface area contributed by atoms with E-state index in [-0.39, 0.29) is 0 Å². The highest BCUT2D eigenvalue weighted by molar-refractivity contribution is 5.99. The third-order valence-corrected chi connectivity index (χ3v) is 3.53. The van der Waals surface area contributed by atoms with Gasteiger partial charge in [-0.15, -0.1) is 0 Å². The molecule has 0 aromatic heterocycles. The standard InChI is InChI=1S/C20H18O7/c21-16(20(25)27-13-18(23)15-9-5-2-6-10-15)11-19(24)26-12-17(22)14-7-3-1-4-8-14/h1-10,16,21H,11-13H2. The van der Waals surface area contributed by atoms with Crippen molar-refractivity contribution >= 4 is 23.5 Å². The molecule has 0 heterocycles. The Kier molecular flexibility index (Phi) is 7.39.